The molecular formula is C23H28N4O8. The van der Waals surface area contributed by atoms with Gasteiger partial charge in [-0.25, -0.2) is 4.79 Å². The Hall–Kier alpha value is -3.80. The molecular weight excluding hydrogens is 460 g/mol. The number of benzene rings is 1. The molecule has 2 aliphatic rings. The number of nitrogens with zero attached hydrogens (tertiary/aromatic N) is 2. The molecule has 12 heteroatoms. The van der Waals surface area contributed by atoms with Crippen molar-refractivity contribution in [3.63, 3.8) is 0 Å². The third-order valence-electron chi connectivity index (χ3n) is 6.03. The Morgan fingerprint density at radius 3 is 2.83 bits per heavy atom. The van der Waals surface area contributed by atoms with Crippen LogP contribution in [0, 0.1) is 0 Å². The monoisotopic (exact) mass is 488 g/mol. The molecule has 1 aromatic carbocycles. The SMILES string of the molecule is COc1cc(O)c(C=O)c(OCC(=O)Nc2cc(C3CCC(OC(=O)N4CCOCC4)C3)[nH]n2)c1. The molecule has 1 aromatic heterocycles. The number of aldehydes is 1. The van der Waals surface area contributed by atoms with Crippen molar-refractivity contribution in [3.8, 4) is 17.2 Å². The predicted octanol–water partition coefficient (Wildman–Crippen LogP) is 2.06. The van der Waals surface area contributed by atoms with Crippen LogP contribution in [0.15, 0.2) is 18.2 Å². The Morgan fingerprint density at radius 1 is 1.29 bits per heavy atom. The average molecular weight is 488 g/mol. The van der Waals surface area contributed by atoms with E-state index in [-0.39, 0.29) is 40.9 Å². The fraction of sp³-hybridized carbons (Fsp3) is 0.478. The van der Waals surface area contributed by atoms with Crippen molar-refractivity contribution in [1.82, 2.24) is 15.1 Å². The molecule has 1 aliphatic heterocycles. The summed E-state index contributed by atoms with van der Waals surface area (Å²) < 4.78 is 21.4. The van der Waals surface area contributed by atoms with E-state index in [1.165, 1.54) is 19.2 Å². The van der Waals surface area contributed by atoms with Gasteiger partial charge in [0.15, 0.2) is 18.7 Å². The number of ether oxygens (including phenoxy) is 4. The number of carbonyl (C=O) groups is 3. The van der Waals surface area contributed by atoms with Gasteiger partial charge in [-0.15, -0.1) is 0 Å². The number of amides is 2. The Kier molecular flexibility index (Phi) is 7.70. The molecule has 0 bridgehead atoms. The molecule has 2 atom stereocenters. The van der Waals surface area contributed by atoms with Crippen LogP contribution in [-0.4, -0.2) is 84.6 Å². The average Bonchev–Trinajstić information content (AvgIpc) is 3.52. The van der Waals surface area contributed by atoms with Crippen molar-refractivity contribution >= 4 is 24.1 Å². The molecule has 0 radical (unpaired) electrons. The van der Waals surface area contributed by atoms with Gasteiger partial charge >= 0.3 is 6.09 Å². The Morgan fingerprint density at radius 2 is 2.09 bits per heavy atom. The first kappa shape index (κ1) is 24.3. The number of carbonyl (C=O) groups excluding carboxylic acids is 3. The van der Waals surface area contributed by atoms with E-state index in [1.54, 1.807) is 11.0 Å². The van der Waals surface area contributed by atoms with Crippen LogP contribution in [0.4, 0.5) is 10.6 Å². The molecule has 2 aromatic rings. The van der Waals surface area contributed by atoms with Crippen molar-refractivity contribution in [2.45, 2.75) is 31.3 Å². The summed E-state index contributed by atoms with van der Waals surface area (Å²) in [5, 5.41) is 19.6. The maximum atomic E-state index is 12.3. The van der Waals surface area contributed by atoms with Crippen molar-refractivity contribution < 1.29 is 38.4 Å². The second-order valence-electron chi connectivity index (χ2n) is 8.34. The van der Waals surface area contributed by atoms with Crippen LogP contribution >= 0.6 is 0 Å². The van der Waals surface area contributed by atoms with E-state index in [9.17, 15) is 19.5 Å². The number of methoxy groups -OCH3 is 1. The van der Waals surface area contributed by atoms with Crippen LogP contribution in [0.1, 0.15) is 41.2 Å². The third kappa shape index (κ3) is 6.01. The fourth-order valence-electron chi connectivity index (χ4n) is 4.17. The van der Waals surface area contributed by atoms with Gasteiger partial charge in [0.25, 0.3) is 5.91 Å². The summed E-state index contributed by atoms with van der Waals surface area (Å²) in [4.78, 5) is 37.6. The van der Waals surface area contributed by atoms with Crippen LogP contribution in [-0.2, 0) is 14.3 Å². The number of phenols is 1. The van der Waals surface area contributed by atoms with Gasteiger partial charge < -0.3 is 34.3 Å². The molecule has 1 saturated heterocycles. The van der Waals surface area contributed by atoms with Gasteiger partial charge in [-0.05, 0) is 19.3 Å². The van der Waals surface area contributed by atoms with E-state index in [0.29, 0.717) is 44.8 Å². The first-order valence-corrected chi connectivity index (χ1v) is 11.3. The third-order valence-corrected chi connectivity index (χ3v) is 6.03. The van der Waals surface area contributed by atoms with Gasteiger partial charge in [-0.1, -0.05) is 0 Å². The second kappa shape index (κ2) is 11.1. The predicted molar refractivity (Wildman–Crippen MR) is 122 cm³/mol. The minimum Gasteiger partial charge on any atom is -0.507 e. The van der Waals surface area contributed by atoms with Crippen LogP contribution in [0.2, 0.25) is 0 Å². The molecule has 0 spiro atoms. The molecule has 2 amide bonds. The maximum absolute atomic E-state index is 12.3. The molecule has 188 valence electrons. The number of phenolic OH excluding ortho intramolecular Hbond substituents is 1. The summed E-state index contributed by atoms with van der Waals surface area (Å²) in [6, 6.07) is 4.42. The van der Waals surface area contributed by atoms with E-state index >= 15 is 0 Å². The molecule has 2 unspecified atom stereocenters. The number of aromatic nitrogens is 2. The minimum absolute atomic E-state index is 0.0262. The lowest BCUT2D eigenvalue weighted by Crippen LogP contribution is -2.42. The van der Waals surface area contributed by atoms with Gasteiger partial charge in [0.05, 0.1) is 25.9 Å². The normalized spacial score (nSPS) is 19.7. The Bertz CT molecular complexity index is 1070. The number of hydrogen-bond acceptors (Lipinski definition) is 9. The number of aromatic amines is 1. The zero-order valence-corrected chi connectivity index (χ0v) is 19.3. The van der Waals surface area contributed by atoms with Gasteiger partial charge in [-0.3, -0.25) is 14.7 Å². The summed E-state index contributed by atoms with van der Waals surface area (Å²) in [7, 11) is 1.40. The fourth-order valence-corrected chi connectivity index (χ4v) is 4.17. The lowest BCUT2D eigenvalue weighted by molar-refractivity contribution is -0.118. The summed E-state index contributed by atoms with van der Waals surface area (Å²) >= 11 is 0. The van der Waals surface area contributed by atoms with E-state index in [0.717, 1.165) is 18.5 Å². The Balaban J connectivity index is 1.27. The van der Waals surface area contributed by atoms with Crippen molar-refractivity contribution in [3.05, 3.63) is 29.5 Å². The van der Waals surface area contributed by atoms with Gasteiger partial charge in [0.1, 0.15) is 23.4 Å². The number of morpholine rings is 1. The highest BCUT2D eigenvalue weighted by Crippen LogP contribution is 2.36. The number of aromatic hydroxyl groups is 1. The standard InChI is InChI=1S/C23H28N4O8/c1-32-16-9-19(29)17(12-28)20(10-16)34-13-22(30)24-21-11-18(25-26-21)14-2-3-15(8-14)35-23(31)27-4-6-33-7-5-27/h9-12,14-15,29H,2-8,13H2,1H3,(H2,24,25,26,30). The number of H-pyrrole nitrogens is 1. The van der Waals surface area contributed by atoms with Crippen LogP contribution in [0.5, 0.6) is 17.2 Å². The van der Waals surface area contributed by atoms with Crippen molar-refractivity contribution in [2.24, 2.45) is 0 Å². The number of hydrogen-bond donors (Lipinski definition) is 3. The number of anilines is 1. The zero-order chi connectivity index (χ0) is 24.8. The Labute approximate surface area is 201 Å². The maximum Gasteiger partial charge on any atom is 0.410 e. The zero-order valence-electron chi connectivity index (χ0n) is 19.3. The van der Waals surface area contributed by atoms with Crippen molar-refractivity contribution in [2.75, 3.05) is 45.3 Å². The lowest BCUT2D eigenvalue weighted by atomic mass is 10.0. The molecule has 4 rings (SSSR count). The lowest BCUT2D eigenvalue weighted by Gasteiger charge is -2.27. The van der Waals surface area contributed by atoms with E-state index in [1.807, 2.05) is 0 Å². The molecule has 35 heavy (non-hydrogen) atoms. The summed E-state index contributed by atoms with van der Waals surface area (Å²) in [6.45, 7) is 1.72. The van der Waals surface area contributed by atoms with Gasteiger partial charge in [-0.2, -0.15) is 5.10 Å². The van der Waals surface area contributed by atoms with Crippen LogP contribution in [0.3, 0.4) is 0 Å². The van der Waals surface area contributed by atoms with E-state index in [4.69, 9.17) is 18.9 Å². The van der Waals surface area contributed by atoms with E-state index < -0.39 is 12.5 Å². The highest BCUT2D eigenvalue weighted by atomic mass is 16.6. The number of rotatable bonds is 8. The minimum atomic E-state index is -0.494. The van der Waals surface area contributed by atoms with Gasteiger partial charge in [0.2, 0.25) is 0 Å². The smallest absolute Gasteiger partial charge is 0.410 e. The molecule has 3 N–H and O–H groups in total. The summed E-state index contributed by atoms with van der Waals surface area (Å²) in [5.41, 5.74) is 0.762. The molecule has 2 fully saturated rings. The highest BCUT2D eigenvalue weighted by Gasteiger charge is 2.31. The van der Waals surface area contributed by atoms with Crippen LogP contribution in [0.25, 0.3) is 0 Å². The molecule has 2 heterocycles. The largest absolute Gasteiger partial charge is 0.507 e. The van der Waals surface area contributed by atoms with Crippen molar-refractivity contribution in [1.29, 1.82) is 0 Å². The van der Waals surface area contributed by atoms with E-state index in [2.05, 4.69) is 15.5 Å². The first-order valence-electron chi connectivity index (χ1n) is 11.3. The van der Waals surface area contributed by atoms with Crippen LogP contribution < -0.4 is 14.8 Å². The highest BCUT2D eigenvalue weighted by molar-refractivity contribution is 5.91. The molecule has 12 nitrogen and oxygen atoms in total. The summed E-state index contributed by atoms with van der Waals surface area (Å²) in [5.74, 6) is -0.0410. The first-order chi connectivity index (χ1) is 17.0. The molecule has 1 saturated carbocycles. The summed E-state index contributed by atoms with van der Waals surface area (Å²) in [6.07, 6.45) is 2.21. The quantitative estimate of drug-likeness (QED) is 0.474. The molecule has 1 aliphatic carbocycles. The number of nitrogens with one attached hydrogen (secondary N) is 2. The second-order valence-corrected chi connectivity index (χ2v) is 8.34. The van der Waals surface area contributed by atoms with Gasteiger partial charge in [0, 0.05) is 42.9 Å². The topological polar surface area (TPSA) is 152 Å².